The van der Waals surface area contributed by atoms with Crippen molar-refractivity contribution in [3.63, 3.8) is 0 Å². The summed E-state index contributed by atoms with van der Waals surface area (Å²) in [6, 6.07) is 12.0. The fourth-order valence-electron chi connectivity index (χ4n) is 4.39. The fraction of sp³-hybridized carbons (Fsp3) is 0.440. The van der Waals surface area contributed by atoms with Crippen molar-refractivity contribution in [2.45, 2.75) is 58.3 Å². The van der Waals surface area contributed by atoms with Crippen molar-refractivity contribution in [2.24, 2.45) is 0 Å². The molecule has 0 N–H and O–H groups in total. The molecule has 31 heavy (non-hydrogen) atoms. The summed E-state index contributed by atoms with van der Waals surface area (Å²) < 4.78 is 20.1. The summed E-state index contributed by atoms with van der Waals surface area (Å²) >= 11 is 0. The van der Waals surface area contributed by atoms with Crippen LogP contribution in [0.4, 0.5) is 9.59 Å². The molecule has 0 aromatic heterocycles. The third-order valence-corrected chi connectivity index (χ3v) is 5.98. The molecule has 2 aromatic rings. The third kappa shape index (κ3) is 5.01. The molecule has 1 aliphatic rings. The summed E-state index contributed by atoms with van der Waals surface area (Å²) in [6.07, 6.45) is 4.13. The summed E-state index contributed by atoms with van der Waals surface area (Å²) in [4.78, 5) is 23.2. The van der Waals surface area contributed by atoms with Crippen LogP contribution in [0.25, 0.3) is 0 Å². The van der Waals surface area contributed by atoms with E-state index >= 15 is 0 Å². The van der Waals surface area contributed by atoms with Gasteiger partial charge in [0.1, 0.15) is 11.5 Å². The van der Waals surface area contributed by atoms with E-state index in [2.05, 4.69) is 16.9 Å². The van der Waals surface area contributed by atoms with E-state index in [1.54, 1.807) is 6.92 Å². The summed E-state index contributed by atoms with van der Waals surface area (Å²) in [7, 11) is 1.29. The van der Waals surface area contributed by atoms with Crippen LogP contribution in [0.2, 0.25) is 0 Å². The molecule has 1 fully saturated rings. The van der Waals surface area contributed by atoms with Crippen LogP contribution in [0.3, 0.4) is 0 Å². The van der Waals surface area contributed by atoms with Crippen molar-refractivity contribution in [1.29, 1.82) is 0 Å². The number of carbonyl (C=O) groups excluding carboxylic acids is 2. The summed E-state index contributed by atoms with van der Waals surface area (Å²) in [5, 5.41) is 0. The Morgan fingerprint density at radius 2 is 1.35 bits per heavy atom. The summed E-state index contributed by atoms with van der Waals surface area (Å²) in [6.45, 7) is 5.88. The smallest absolute Gasteiger partial charge is 0.437 e. The van der Waals surface area contributed by atoms with E-state index in [4.69, 9.17) is 14.2 Å². The van der Waals surface area contributed by atoms with Crippen LogP contribution in [0.15, 0.2) is 36.4 Å². The fourth-order valence-corrected chi connectivity index (χ4v) is 4.39. The van der Waals surface area contributed by atoms with Gasteiger partial charge in [0.15, 0.2) is 0 Å². The molecule has 2 aromatic carbocycles. The lowest BCUT2D eigenvalue weighted by molar-refractivity contribution is 0.104. The lowest BCUT2D eigenvalue weighted by atomic mass is 9.65. The molecule has 0 aliphatic heterocycles. The van der Waals surface area contributed by atoms with Gasteiger partial charge in [-0.1, -0.05) is 43.5 Å². The molecular formula is C25H30O6. The molecule has 3 rings (SSSR count). The Balaban J connectivity index is 1.96. The van der Waals surface area contributed by atoms with Gasteiger partial charge < -0.3 is 18.9 Å². The van der Waals surface area contributed by atoms with Crippen LogP contribution in [0, 0.1) is 13.8 Å². The van der Waals surface area contributed by atoms with Gasteiger partial charge >= 0.3 is 12.3 Å². The van der Waals surface area contributed by atoms with Gasteiger partial charge in [-0.3, -0.25) is 0 Å². The van der Waals surface area contributed by atoms with E-state index < -0.39 is 12.3 Å². The predicted molar refractivity (Wildman–Crippen MR) is 117 cm³/mol. The molecule has 6 nitrogen and oxygen atoms in total. The molecule has 0 amide bonds. The number of aryl methyl sites for hydroxylation is 2. The van der Waals surface area contributed by atoms with Crippen molar-refractivity contribution in [2.75, 3.05) is 13.7 Å². The van der Waals surface area contributed by atoms with Gasteiger partial charge in [-0.25, -0.2) is 9.59 Å². The highest BCUT2D eigenvalue weighted by molar-refractivity contribution is 5.65. The molecule has 6 heteroatoms. The van der Waals surface area contributed by atoms with Gasteiger partial charge in [0.2, 0.25) is 0 Å². The van der Waals surface area contributed by atoms with E-state index in [-0.39, 0.29) is 12.0 Å². The Hall–Kier alpha value is -3.02. The second-order valence-corrected chi connectivity index (χ2v) is 7.94. The molecule has 0 unspecified atom stereocenters. The Kier molecular flexibility index (Phi) is 7.21. The van der Waals surface area contributed by atoms with E-state index in [1.165, 1.54) is 24.7 Å². The van der Waals surface area contributed by atoms with Crippen molar-refractivity contribution in [3.05, 3.63) is 58.7 Å². The molecule has 0 spiro atoms. The first-order valence-corrected chi connectivity index (χ1v) is 10.7. The number of hydrogen-bond acceptors (Lipinski definition) is 6. The molecule has 0 radical (unpaired) electrons. The molecule has 0 saturated heterocycles. The maximum absolute atomic E-state index is 11.7. The topological polar surface area (TPSA) is 71.1 Å². The molecule has 0 atom stereocenters. The number of methoxy groups -OCH3 is 1. The summed E-state index contributed by atoms with van der Waals surface area (Å²) in [5.74, 6) is 1.00. The Morgan fingerprint density at radius 1 is 0.839 bits per heavy atom. The third-order valence-electron chi connectivity index (χ3n) is 5.98. The predicted octanol–water partition coefficient (Wildman–Crippen LogP) is 6.23. The zero-order valence-electron chi connectivity index (χ0n) is 18.7. The Bertz CT molecular complexity index is 943. The first-order valence-electron chi connectivity index (χ1n) is 10.7. The minimum atomic E-state index is -0.726. The molecular weight excluding hydrogens is 396 g/mol. The zero-order valence-corrected chi connectivity index (χ0v) is 18.7. The first kappa shape index (κ1) is 22.7. The zero-order chi connectivity index (χ0) is 22.4. The number of rotatable bonds is 5. The van der Waals surface area contributed by atoms with E-state index in [1.807, 2.05) is 38.1 Å². The average molecular weight is 427 g/mol. The molecule has 166 valence electrons. The van der Waals surface area contributed by atoms with Gasteiger partial charge in [-0.15, -0.1) is 0 Å². The van der Waals surface area contributed by atoms with Gasteiger partial charge in [0.25, 0.3) is 0 Å². The molecule has 0 bridgehead atoms. The Labute approximate surface area is 183 Å². The van der Waals surface area contributed by atoms with Crippen molar-refractivity contribution in [3.8, 4) is 11.5 Å². The van der Waals surface area contributed by atoms with Crippen LogP contribution < -0.4 is 9.47 Å². The largest absolute Gasteiger partial charge is 0.513 e. The van der Waals surface area contributed by atoms with Crippen LogP contribution in [-0.4, -0.2) is 26.0 Å². The van der Waals surface area contributed by atoms with Crippen molar-refractivity contribution < 1.29 is 28.5 Å². The highest BCUT2D eigenvalue weighted by atomic mass is 16.7. The standard InChI is InChI=1S/C25H30O6/c1-5-29-24(27)31-22-12-10-20(16-18(22)3)25(13-7-6-8-14-25)19-9-11-21(17(2)15-19)30-23(26)28-4/h9-12,15-16H,5-8,13-14H2,1-4H3. The number of benzene rings is 2. The van der Waals surface area contributed by atoms with Gasteiger partial charge in [-0.2, -0.15) is 0 Å². The minimum absolute atomic E-state index is 0.139. The maximum Gasteiger partial charge on any atom is 0.513 e. The molecule has 0 heterocycles. The van der Waals surface area contributed by atoms with Crippen LogP contribution in [0.5, 0.6) is 11.5 Å². The monoisotopic (exact) mass is 426 g/mol. The maximum atomic E-state index is 11.7. The highest BCUT2D eigenvalue weighted by Crippen LogP contribution is 2.46. The quantitative estimate of drug-likeness (QED) is 0.417. The van der Waals surface area contributed by atoms with Crippen LogP contribution in [-0.2, 0) is 14.9 Å². The lowest BCUT2D eigenvalue weighted by Crippen LogP contribution is -2.30. The molecule has 1 aliphatic carbocycles. The van der Waals surface area contributed by atoms with Gasteiger partial charge in [0, 0.05) is 5.41 Å². The second-order valence-electron chi connectivity index (χ2n) is 7.94. The minimum Gasteiger partial charge on any atom is -0.437 e. The van der Waals surface area contributed by atoms with Gasteiger partial charge in [-0.05, 0) is 68.0 Å². The Morgan fingerprint density at radius 3 is 1.81 bits per heavy atom. The summed E-state index contributed by atoms with van der Waals surface area (Å²) in [5.41, 5.74) is 4.02. The normalized spacial score (nSPS) is 15.1. The lowest BCUT2D eigenvalue weighted by Gasteiger charge is -2.39. The first-order chi connectivity index (χ1) is 14.9. The van der Waals surface area contributed by atoms with E-state index in [0.717, 1.165) is 36.8 Å². The van der Waals surface area contributed by atoms with Crippen molar-refractivity contribution >= 4 is 12.3 Å². The second kappa shape index (κ2) is 9.86. The number of ether oxygens (including phenoxy) is 4. The highest BCUT2D eigenvalue weighted by Gasteiger charge is 2.36. The molecule has 1 saturated carbocycles. The SMILES string of the molecule is CCOC(=O)Oc1ccc(C2(c3ccc(OC(=O)OC)c(C)c3)CCCCC2)cc1C. The van der Waals surface area contributed by atoms with E-state index in [9.17, 15) is 9.59 Å². The number of carbonyl (C=O) groups is 2. The average Bonchev–Trinajstić information content (AvgIpc) is 2.77. The van der Waals surface area contributed by atoms with Crippen molar-refractivity contribution in [1.82, 2.24) is 0 Å². The van der Waals surface area contributed by atoms with E-state index in [0.29, 0.717) is 11.5 Å². The van der Waals surface area contributed by atoms with Gasteiger partial charge in [0.05, 0.1) is 13.7 Å². The number of hydrogen-bond donors (Lipinski definition) is 0. The van der Waals surface area contributed by atoms with Crippen LogP contribution in [0.1, 0.15) is 61.3 Å². The van der Waals surface area contributed by atoms with Crippen LogP contribution >= 0.6 is 0 Å².